The summed E-state index contributed by atoms with van der Waals surface area (Å²) in [5.74, 6) is 0.262. The molecule has 17 heavy (non-hydrogen) atoms. The van der Waals surface area contributed by atoms with E-state index in [1.807, 2.05) is 13.8 Å². The largest absolute Gasteiger partial charge is 0.366 e. The number of hydrogen-bond acceptors (Lipinski definition) is 3. The summed E-state index contributed by atoms with van der Waals surface area (Å²) in [6, 6.07) is 1.21. The van der Waals surface area contributed by atoms with E-state index in [0.717, 1.165) is 6.42 Å². The van der Waals surface area contributed by atoms with E-state index in [2.05, 4.69) is 4.98 Å². The molecular weight excluding hydrogens is 240 g/mol. The molecule has 1 aromatic heterocycles. The van der Waals surface area contributed by atoms with Crippen molar-refractivity contribution < 1.29 is 8.42 Å². The number of nitrogens with one attached hydrogen (secondary N) is 1. The number of pyridine rings is 1. The quantitative estimate of drug-likeness (QED) is 0.858. The maximum atomic E-state index is 12.1. The van der Waals surface area contributed by atoms with Crippen LogP contribution in [0.3, 0.4) is 0 Å². The number of aromatic nitrogens is 1. The topological polar surface area (TPSA) is 70.2 Å². The zero-order chi connectivity index (χ0) is 13.1. The van der Waals surface area contributed by atoms with Crippen LogP contribution in [0.5, 0.6) is 0 Å². The highest BCUT2D eigenvalue weighted by Crippen LogP contribution is 2.12. The van der Waals surface area contributed by atoms with E-state index in [-0.39, 0.29) is 10.8 Å². The van der Waals surface area contributed by atoms with Gasteiger partial charge in [0.25, 0.3) is 0 Å². The Morgan fingerprint density at radius 2 is 2.12 bits per heavy atom. The summed E-state index contributed by atoms with van der Waals surface area (Å²) < 4.78 is 25.4. The van der Waals surface area contributed by atoms with Gasteiger partial charge >= 0.3 is 0 Å². The molecule has 5 nitrogen and oxygen atoms in total. The van der Waals surface area contributed by atoms with Crippen molar-refractivity contribution in [3.63, 3.8) is 0 Å². The van der Waals surface area contributed by atoms with Gasteiger partial charge in [-0.2, -0.15) is 0 Å². The zero-order valence-corrected chi connectivity index (χ0v) is 11.1. The molecule has 0 saturated carbocycles. The number of hydrogen-bond donors (Lipinski definition) is 1. The first kappa shape index (κ1) is 13.9. The second kappa shape index (κ2) is 5.46. The zero-order valence-electron chi connectivity index (χ0n) is 10.3. The van der Waals surface area contributed by atoms with Gasteiger partial charge < -0.3 is 4.98 Å². The molecule has 0 radical (unpaired) electrons. The molecule has 0 aliphatic carbocycles. The summed E-state index contributed by atoms with van der Waals surface area (Å²) >= 11 is 0. The fourth-order valence-corrected chi connectivity index (χ4v) is 2.76. The lowest BCUT2D eigenvalue weighted by molar-refractivity contribution is 0.393. The van der Waals surface area contributed by atoms with Gasteiger partial charge in [0.15, 0.2) is 0 Å². The van der Waals surface area contributed by atoms with Crippen LogP contribution in [0.1, 0.15) is 20.3 Å². The van der Waals surface area contributed by atoms with E-state index in [9.17, 15) is 13.2 Å². The van der Waals surface area contributed by atoms with Gasteiger partial charge in [-0.15, -0.1) is 0 Å². The molecule has 1 unspecified atom stereocenters. The third-order valence-corrected chi connectivity index (χ3v) is 4.59. The maximum Gasteiger partial charge on any atom is 0.248 e. The lowest BCUT2D eigenvalue weighted by atomic mass is 10.1. The molecule has 1 atom stereocenters. The Balaban J connectivity index is 3.04. The van der Waals surface area contributed by atoms with Gasteiger partial charge in [0.05, 0.1) is 0 Å². The molecule has 0 saturated heterocycles. The average Bonchev–Trinajstić information content (AvgIpc) is 2.29. The van der Waals surface area contributed by atoms with Crippen LogP contribution >= 0.6 is 0 Å². The van der Waals surface area contributed by atoms with Gasteiger partial charge in [-0.25, -0.2) is 12.7 Å². The fourth-order valence-electron chi connectivity index (χ4n) is 1.44. The summed E-state index contributed by atoms with van der Waals surface area (Å²) in [5.41, 5.74) is -0.486. The van der Waals surface area contributed by atoms with E-state index in [1.54, 1.807) is 0 Å². The van der Waals surface area contributed by atoms with E-state index in [1.165, 1.54) is 29.8 Å². The van der Waals surface area contributed by atoms with Crippen LogP contribution < -0.4 is 5.43 Å². The van der Waals surface area contributed by atoms with Crippen LogP contribution in [0.2, 0.25) is 0 Å². The summed E-state index contributed by atoms with van der Waals surface area (Å²) in [6.07, 6.45) is 3.53. The van der Waals surface area contributed by atoms with Gasteiger partial charge in [0.1, 0.15) is 4.90 Å². The molecule has 1 heterocycles. The van der Waals surface area contributed by atoms with Crippen molar-refractivity contribution in [3.8, 4) is 0 Å². The summed E-state index contributed by atoms with van der Waals surface area (Å²) in [6.45, 7) is 4.38. The molecule has 0 aromatic carbocycles. The van der Waals surface area contributed by atoms with Crippen molar-refractivity contribution in [2.75, 3.05) is 13.6 Å². The summed E-state index contributed by atoms with van der Waals surface area (Å²) in [5, 5.41) is 0. The third kappa shape index (κ3) is 3.17. The molecule has 0 aliphatic heterocycles. The Bertz CT molecular complexity index is 522. The van der Waals surface area contributed by atoms with E-state index in [4.69, 9.17) is 0 Å². The van der Waals surface area contributed by atoms with Gasteiger partial charge in [-0.3, -0.25) is 4.79 Å². The maximum absolute atomic E-state index is 12.1. The second-order valence-electron chi connectivity index (χ2n) is 4.17. The van der Waals surface area contributed by atoms with Crippen molar-refractivity contribution in [2.45, 2.75) is 25.2 Å². The third-order valence-electron chi connectivity index (χ3n) is 2.74. The lowest BCUT2D eigenvalue weighted by Crippen LogP contribution is -2.33. The van der Waals surface area contributed by atoms with E-state index >= 15 is 0 Å². The number of aromatic amines is 1. The van der Waals surface area contributed by atoms with Crippen LogP contribution in [0, 0.1) is 5.92 Å². The van der Waals surface area contributed by atoms with Crippen molar-refractivity contribution in [1.29, 1.82) is 0 Å². The lowest BCUT2D eigenvalue weighted by Gasteiger charge is -2.19. The molecule has 1 N–H and O–H groups in total. The average molecular weight is 258 g/mol. The smallest absolute Gasteiger partial charge is 0.248 e. The minimum atomic E-state index is -3.69. The predicted octanol–water partition coefficient (Wildman–Crippen LogP) is 1.04. The van der Waals surface area contributed by atoms with Crippen LogP contribution in [0.15, 0.2) is 28.2 Å². The SMILES string of the molecule is CCC(C)CN(C)S(=O)(=O)c1c[nH]ccc1=O. The molecule has 1 rings (SSSR count). The highest BCUT2D eigenvalue weighted by Gasteiger charge is 2.24. The van der Waals surface area contributed by atoms with Crippen LogP contribution in [-0.2, 0) is 10.0 Å². The first-order valence-electron chi connectivity index (χ1n) is 5.53. The standard InChI is InChI=1S/C11H18N2O3S/c1-4-9(2)8-13(3)17(15,16)11-7-12-6-5-10(11)14/h5-7,9H,4,8H2,1-3H3,(H,12,14). The van der Waals surface area contributed by atoms with Crippen molar-refractivity contribution in [2.24, 2.45) is 5.92 Å². The van der Waals surface area contributed by atoms with Gasteiger partial charge in [0.2, 0.25) is 15.5 Å². The first-order valence-corrected chi connectivity index (χ1v) is 6.97. The van der Waals surface area contributed by atoms with Gasteiger partial charge in [-0.1, -0.05) is 20.3 Å². The van der Waals surface area contributed by atoms with Gasteiger partial charge in [-0.05, 0) is 5.92 Å². The Morgan fingerprint density at radius 3 is 2.65 bits per heavy atom. The van der Waals surface area contributed by atoms with Crippen molar-refractivity contribution in [3.05, 3.63) is 28.7 Å². The van der Waals surface area contributed by atoms with Crippen molar-refractivity contribution in [1.82, 2.24) is 9.29 Å². The molecule has 0 bridgehead atoms. The monoisotopic (exact) mass is 258 g/mol. The molecule has 96 valence electrons. The summed E-state index contributed by atoms with van der Waals surface area (Å²) in [7, 11) is -2.19. The molecular formula is C11H18N2O3S. The normalized spacial score (nSPS) is 13.9. The Kier molecular flexibility index (Phi) is 4.47. The van der Waals surface area contributed by atoms with Crippen molar-refractivity contribution >= 4 is 10.0 Å². The molecule has 0 aliphatic rings. The number of nitrogens with zero attached hydrogens (tertiary/aromatic N) is 1. The minimum Gasteiger partial charge on any atom is -0.366 e. The number of rotatable bonds is 5. The Morgan fingerprint density at radius 1 is 1.47 bits per heavy atom. The van der Waals surface area contributed by atoms with Gasteiger partial charge in [0, 0.05) is 32.1 Å². The predicted molar refractivity (Wildman–Crippen MR) is 66.3 cm³/mol. The second-order valence-corrected chi connectivity index (χ2v) is 6.19. The molecule has 0 amide bonds. The highest BCUT2D eigenvalue weighted by molar-refractivity contribution is 7.89. The summed E-state index contributed by atoms with van der Waals surface area (Å²) in [4.78, 5) is 13.9. The van der Waals surface area contributed by atoms with Crippen LogP contribution in [0.4, 0.5) is 0 Å². The Labute approximate surface area is 102 Å². The molecule has 6 heteroatoms. The Hall–Kier alpha value is -1.14. The van der Waals surface area contributed by atoms with E-state index in [0.29, 0.717) is 6.54 Å². The van der Waals surface area contributed by atoms with Crippen LogP contribution in [-0.4, -0.2) is 31.3 Å². The molecule has 0 spiro atoms. The number of H-pyrrole nitrogens is 1. The van der Waals surface area contributed by atoms with E-state index < -0.39 is 15.5 Å². The molecule has 0 fully saturated rings. The fraction of sp³-hybridized carbons (Fsp3) is 0.545. The minimum absolute atomic E-state index is 0.203. The molecule has 1 aromatic rings. The highest BCUT2D eigenvalue weighted by atomic mass is 32.2. The number of sulfonamides is 1. The first-order chi connectivity index (χ1) is 7.89. The van der Waals surface area contributed by atoms with Crippen LogP contribution in [0.25, 0.3) is 0 Å².